The number of rotatable bonds is 1. The molecule has 16 heavy (non-hydrogen) atoms. The van der Waals surface area contributed by atoms with Gasteiger partial charge in [0.2, 0.25) is 0 Å². The van der Waals surface area contributed by atoms with Crippen LogP contribution >= 0.6 is 0 Å². The maximum absolute atomic E-state index is 14.5. The van der Waals surface area contributed by atoms with Crippen molar-refractivity contribution in [3.8, 4) is 0 Å². The van der Waals surface area contributed by atoms with E-state index < -0.39 is 17.3 Å². The molecule has 1 aliphatic carbocycles. The van der Waals surface area contributed by atoms with Crippen molar-refractivity contribution in [2.45, 2.75) is 37.4 Å². The average molecular weight is 229 g/mol. The van der Waals surface area contributed by atoms with Crippen molar-refractivity contribution in [2.24, 2.45) is 5.73 Å². The Bertz CT molecular complexity index is 384. The van der Waals surface area contributed by atoms with Crippen LogP contribution in [-0.2, 0) is 5.67 Å². The molecule has 0 heterocycles. The van der Waals surface area contributed by atoms with Crippen molar-refractivity contribution in [1.82, 2.24) is 0 Å². The van der Waals surface area contributed by atoms with Gasteiger partial charge in [-0.2, -0.15) is 0 Å². The Hall–Kier alpha value is -1.03. The highest BCUT2D eigenvalue weighted by molar-refractivity contribution is 5.26. The molecule has 0 unspecified atom stereocenters. The topological polar surface area (TPSA) is 26.0 Å². The zero-order valence-corrected chi connectivity index (χ0v) is 8.85. The fourth-order valence-electron chi connectivity index (χ4n) is 2.21. The smallest absolute Gasteiger partial charge is 0.139 e. The van der Waals surface area contributed by atoms with Gasteiger partial charge in [0, 0.05) is 11.6 Å². The summed E-state index contributed by atoms with van der Waals surface area (Å²) in [7, 11) is 0. The summed E-state index contributed by atoms with van der Waals surface area (Å²) in [6.45, 7) is 0. The zero-order valence-electron chi connectivity index (χ0n) is 8.85. The maximum atomic E-state index is 14.5. The highest BCUT2D eigenvalue weighted by atomic mass is 19.2. The molecule has 0 bridgehead atoms. The van der Waals surface area contributed by atoms with Gasteiger partial charge in [0.15, 0.2) is 0 Å². The molecule has 1 fully saturated rings. The van der Waals surface area contributed by atoms with Crippen LogP contribution in [0.1, 0.15) is 31.2 Å². The molecule has 2 N–H and O–H groups in total. The average Bonchev–Trinajstić information content (AvgIpc) is 2.26. The van der Waals surface area contributed by atoms with E-state index in [0.717, 1.165) is 18.2 Å². The number of nitrogens with two attached hydrogens (primary N) is 1. The van der Waals surface area contributed by atoms with E-state index in [2.05, 4.69) is 0 Å². The molecule has 4 heteroatoms. The van der Waals surface area contributed by atoms with Gasteiger partial charge in [-0.05, 0) is 43.9 Å². The predicted molar refractivity (Wildman–Crippen MR) is 55.6 cm³/mol. The van der Waals surface area contributed by atoms with Crippen molar-refractivity contribution in [1.29, 1.82) is 0 Å². The molecule has 0 spiro atoms. The van der Waals surface area contributed by atoms with Crippen LogP contribution in [0.4, 0.5) is 13.2 Å². The van der Waals surface area contributed by atoms with Gasteiger partial charge in [-0.1, -0.05) is 0 Å². The van der Waals surface area contributed by atoms with Gasteiger partial charge in [-0.15, -0.1) is 0 Å². The predicted octanol–water partition coefficient (Wildman–Crippen LogP) is 3.03. The number of hydrogen-bond acceptors (Lipinski definition) is 1. The lowest BCUT2D eigenvalue weighted by Crippen LogP contribution is -2.34. The summed E-state index contributed by atoms with van der Waals surface area (Å²) in [5, 5.41) is 0. The summed E-state index contributed by atoms with van der Waals surface area (Å²) in [6, 6.07) is 2.89. The van der Waals surface area contributed by atoms with Crippen molar-refractivity contribution < 1.29 is 13.2 Å². The molecule has 1 aromatic carbocycles. The fourth-order valence-corrected chi connectivity index (χ4v) is 2.21. The van der Waals surface area contributed by atoms with Gasteiger partial charge < -0.3 is 5.73 Å². The Morgan fingerprint density at radius 2 is 1.81 bits per heavy atom. The summed E-state index contributed by atoms with van der Waals surface area (Å²) < 4.78 is 40.9. The monoisotopic (exact) mass is 229 g/mol. The Balaban J connectivity index is 2.32. The van der Waals surface area contributed by atoms with Gasteiger partial charge in [0.25, 0.3) is 0 Å². The molecule has 0 aromatic heterocycles. The Labute approximate surface area is 92.5 Å². The molecule has 0 aliphatic heterocycles. The van der Waals surface area contributed by atoms with Crippen molar-refractivity contribution in [2.75, 3.05) is 0 Å². The number of benzene rings is 1. The van der Waals surface area contributed by atoms with Crippen LogP contribution in [-0.4, -0.2) is 6.04 Å². The first-order valence-electron chi connectivity index (χ1n) is 5.41. The Morgan fingerprint density at radius 3 is 2.44 bits per heavy atom. The summed E-state index contributed by atoms with van der Waals surface area (Å²) in [5.41, 5.74) is 3.74. The second-order valence-electron chi connectivity index (χ2n) is 4.43. The van der Waals surface area contributed by atoms with E-state index in [1.54, 1.807) is 0 Å². The minimum atomic E-state index is -1.76. The van der Waals surface area contributed by atoms with E-state index in [4.69, 9.17) is 5.73 Å². The molecule has 1 saturated carbocycles. The quantitative estimate of drug-likeness (QED) is 0.787. The van der Waals surface area contributed by atoms with Crippen LogP contribution in [0, 0.1) is 11.6 Å². The maximum Gasteiger partial charge on any atom is 0.139 e. The van der Waals surface area contributed by atoms with E-state index >= 15 is 0 Å². The van der Waals surface area contributed by atoms with E-state index in [0.29, 0.717) is 12.8 Å². The molecular weight excluding hydrogens is 215 g/mol. The van der Waals surface area contributed by atoms with Crippen LogP contribution in [0.5, 0.6) is 0 Å². The van der Waals surface area contributed by atoms with E-state index in [1.165, 1.54) is 0 Å². The Morgan fingerprint density at radius 1 is 1.19 bits per heavy atom. The van der Waals surface area contributed by atoms with Crippen molar-refractivity contribution >= 4 is 0 Å². The second kappa shape index (κ2) is 4.09. The third-order valence-electron chi connectivity index (χ3n) is 3.23. The van der Waals surface area contributed by atoms with Crippen LogP contribution < -0.4 is 5.73 Å². The zero-order chi connectivity index (χ0) is 11.8. The summed E-state index contributed by atoms with van der Waals surface area (Å²) in [5.74, 6) is -1.29. The standard InChI is InChI=1S/C12H14F3N/c13-8-1-2-11(14)10(7-8)12(15)5-3-9(16)4-6-12/h1-2,7,9H,3-6,16H2. The third kappa shape index (κ3) is 2.07. The molecule has 0 amide bonds. The second-order valence-corrected chi connectivity index (χ2v) is 4.43. The molecular formula is C12H14F3N. The van der Waals surface area contributed by atoms with Crippen LogP contribution in [0.2, 0.25) is 0 Å². The first-order valence-corrected chi connectivity index (χ1v) is 5.41. The molecule has 1 aliphatic rings. The summed E-state index contributed by atoms with van der Waals surface area (Å²) in [4.78, 5) is 0. The van der Waals surface area contributed by atoms with Crippen molar-refractivity contribution in [3.63, 3.8) is 0 Å². The highest BCUT2D eigenvalue weighted by Crippen LogP contribution is 2.41. The lowest BCUT2D eigenvalue weighted by atomic mass is 9.79. The summed E-state index contributed by atoms with van der Waals surface area (Å²) in [6.07, 6.45) is 1.34. The van der Waals surface area contributed by atoms with Gasteiger partial charge in [0.05, 0.1) is 0 Å². The first-order chi connectivity index (χ1) is 7.51. The van der Waals surface area contributed by atoms with Crippen molar-refractivity contribution in [3.05, 3.63) is 35.4 Å². The minimum absolute atomic E-state index is 0.0273. The molecule has 0 atom stereocenters. The van der Waals surface area contributed by atoms with Gasteiger partial charge in [-0.25, -0.2) is 13.2 Å². The molecule has 88 valence electrons. The van der Waals surface area contributed by atoms with Crippen LogP contribution in [0.25, 0.3) is 0 Å². The van der Waals surface area contributed by atoms with E-state index in [9.17, 15) is 13.2 Å². The molecule has 0 radical (unpaired) electrons. The SMILES string of the molecule is NC1CCC(F)(c2cc(F)ccc2F)CC1. The van der Waals surface area contributed by atoms with E-state index in [1.807, 2.05) is 0 Å². The fraction of sp³-hybridized carbons (Fsp3) is 0.500. The third-order valence-corrected chi connectivity index (χ3v) is 3.23. The van der Waals surface area contributed by atoms with Gasteiger partial charge in [-0.3, -0.25) is 0 Å². The van der Waals surface area contributed by atoms with Gasteiger partial charge >= 0.3 is 0 Å². The number of hydrogen-bond donors (Lipinski definition) is 1. The van der Waals surface area contributed by atoms with Crippen LogP contribution in [0.15, 0.2) is 18.2 Å². The largest absolute Gasteiger partial charge is 0.328 e. The first kappa shape index (κ1) is 11.5. The molecule has 2 rings (SSSR count). The number of halogens is 3. The Kier molecular flexibility index (Phi) is 2.93. The molecule has 1 aromatic rings. The highest BCUT2D eigenvalue weighted by Gasteiger charge is 2.38. The summed E-state index contributed by atoms with van der Waals surface area (Å²) >= 11 is 0. The van der Waals surface area contributed by atoms with Crippen LogP contribution in [0.3, 0.4) is 0 Å². The molecule has 1 nitrogen and oxygen atoms in total. The minimum Gasteiger partial charge on any atom is -0.328 e. The lowest BCUT2D eigenvalue weighted by molar-refractivity contribution is 0.0931. The number of alkyl halides is 1. The van der Waals surface area contributed by atoms with Gasteiger partial charge in [0.1, 0.15) is 17.3 Å². The molecule has 0 saturated heterocycles. The van der Waals surface area contributed by atoms with E-state index in [-0.39, 0.29) is 24.4 Å². The normalized spacial score (nSPS) is 30.4. The lowest BCUT2D eigenvalue weighted by Gasteiger charge is -2.33.